The van der Waals surface area contributed by atoms with Gasteiger partial charge in [-0.25, -0.2) is 0 Å². The summed E-state index contributed by atoms with van der Waals surface area (Å²) in [5.74, 6) is 1.89. The lowest BCUT2D eigenvalue weighted by atomic mass is 9.34. The number of para-hydroxylation sites is 2. The average Bonchev–Trinajstić information content (AvgIpc) is 3.04. The smallest absolute Gasteiger partial charge is 0.257 e. The van der Waals surface area contributed by atoms with Gasteiger partial charge in [-0.2, -0.15) is 0 Å². The number of benzene rings is 6. The summed E-state index contributed by atoms with van der Waals surface area (Å²) >= 11 is 0. The van der Waals surface area contributed by atoms with E-state index in [0.29, 0.717) is 0 Å². The fraction of sp³-hybridized carbons (Fsp3) is 0. The first kappa shape index (κ1) is 23.1. The van der Waals surface area contributed by atoms with Crippen molar-refractivity contribution in [2.24, 2.45) is 0 Å². The zero-order valence-corrected chi connectivity index (χ0v) is 22.9. The third kappa shape index (κ3) is 3.23. The van der Waals surface area contributed by atoms with Gasteiger partial charge in [0.05, 0.1) is 0 Å². The summed E-state index contributed by atoms with van der Waals surface area (Å²) in [4.78, 5) is 0. The zero-order chi connectivity index (χ0) is 26.5. The molecule has 0 fully saturated rings. The highest BCUT2D eigenvalue weighted by Gasteiger charge is 2.52. The van der Waals surface area contributed by atoms with E-state index in [-0.39, 0.29) is 6.71 Å². The Labute approximate surface area is 236 Å². The van der Waals surface area contributed by atoms with Crippen LogP contribution in [0.15, 0.2) is 158 Å². The van der Waals surface area contributed by atoms with Crippen molar-refractivity contribution >= 4 is 58.3 Å². The van der Waals surface area contributed by atoms with Crippen LogP contribution in [0.2, 0.25) is 0 Å². The Morgan fingerprint density at radius 2 is 0.900 bits per heavy atom. The molecule has 0 aliphatic carbocycles. The number of rotatable bonds is 4. The van der Waals surface area contributed by atoms with Gasteiger partial charge >= 0.3 is 0 Å². The van der Waals surface area contributed by atoms with E-state index >= 15 is 0 Å². The molecule has 0 bridgehead atoms. The summed E-state index contributed by atoms with van der Waals surface area (Å²) in [6, 6.07) is 57.5. The number of hydrogen-bond donors (Lipinski definition) is 0. The molecule has 0 spiro atoms. The van der Waals surface area contributed by atoms with Crippen LogP contribution in [-0.2, 0) is 0 Å². The van der Waals surface area contributed by atoms with E-state index in [1.54, 1.807) is 0 Å². The average molecular weight is 528 g/mol. The largest absolute Gasteiger partial charge is 0.458 e. The van der Waals surface area contributed by atoms with Crippen LogP contribution in [0.5, 0.6) is 11.5 Å². The highest BCUT2D eigenvalue weighted by Crippen LogP contribution is 2.38. The van der Waals surface area contributed by atoms with Crippen molar-refractivity contribution in [1.82, 2.24) is 0 Å². The first-order valence-electron chi connectivity index (χ1n) is 13.8. The minimum atomic E-state index is -2.88. The maximum atomic E-state index is 6.61. The molecule has 0 saturated carbocycles. The monoisotopic (exact) mass is 527 g/mol. The fourth-order valence-electron chi connectivity index (χ4n) is 6.87. The highest BCUT2D eigenvalue weighted by molar-refractivity contribution is 7.15. The molecule has 6 aromatic rings. The molecule has 0 radical (unpaired) electrons. The number of hydrogen-bond acceptors (Lipinski definition) is 2. The molecule has 2 aliphatic rings. The Balaban J connectivity index is 1.54. The van der Waals surface area contributed by atoms with Crippen LogP contribution in [0.4, 0.5) is 11.4 Å². The van der Waals surface area contributed by atoms with Crippen molar-refractivity contribution < 1.29 is 4.74 Å². The van der Waals surface area contributed by atoms with Crippen molar-refractivity contribution in [3.8, 4) is 11.5 Å². The van der Waals surface area contributed by atoms with Gasteiger partial charge in [0.2, 0.25) is 0 Å². The lowest BCUT2D eigenvalue weighted by Gasteiger charge is -2.50. The molecule has 188 valence electrons. The Morgan fingerprint density at radius 3 is 1.52 bits per heavy atom. The second kappa shape index (κ2) is 9.15. The summed E-state index contributed by atoms with van der Waals surface area (Å²) < 4.78 is 9.31. The van der Waals surface area contributed by atoms with Crippen LogP contribution in [0.1, 0.15) is 0 Å². The van der Waals surface area contributed by atoms with E-state index in [1.807, 2.05) is 0 Å². The minimum absolute atomic E-state index is 0.109. The second-order valence-electron chi connectivity index (χ2n) is 10.5. The first-order chi connectivity index (χ1) is 19.9. The van der Waals surface area contributed by atoms with Crippen molar-refractivity contribution in [2.45, 2.75) is 0 Å². The molecule has 8 rings (SSSR count). The van der Waals surface area contributed by atoms with Gasteiger partial charge in [-0.3, -0.25) is 0 Å². The lowest BCUT2D eigenvalue weighted by Crippen LogP contribution is -2.79. The maximum Gasteiger partial charge on any atom is 0.257 e. The van der Waals surface area contributed by atoms with Gasteiger partial charge in [0, 0.05) is 11.4 Å². The van der Waals surface area contributed by atoms with Crippen LogP contribution < -0.4 is 41.3 Å². The molecular formula is C36H26BNOSi. The topological polar surface area (TPSA) is 12.5 Å². The number of fused-ring (bicyclic) bond motifs is 4. The van der Waals surface area contributed by atoms with Crippen molar-refractivity contribution in [3.63, 3.8) is 0 Å². The first-order valence-corrected chi connectivity index (χ1v) is 15.8. The molecule has 2 aliphatic heterocycles. The highest BCUT2D eigenvalue weighted by atomic mass is 28.3. The minimum Gasteiger partial charge on any atom is -0.458 e. The molecule has 2 nitrogen and oxygen atoms in total. The molecule has 0 atom stereocenters. The summed E-state index contributed by atoms with van der Waals surface area (Å²) in [5.41, 5.74) is 6.27. The van der Waals surface area contributed by atoms with Crippen molar-refractivity contribution in [2.75, 3.05) is 4.57 Å². The zero-order valence-electron chi connectivity index (χ0n) is 21.9. The predicted octanol–water partition coefficient (Wildman–Crippen LogP) is 4.43. The third-order valence-corrected chi connectivity index (χ3v) is 13.1. The van der Waals surface area contributed by atoms with Crippen LogP contribution in [0.25, 0.3) is 0 Å². The van der Waals surface area contributed by atoms with Gasteiger partial charge in [0.1, 0.15) is 11.5 Å². The predicted molar refractivity (Wildman–Crippen MR) is 170 cm³/mol. The molecular weight excluding hydrogens is 501 g/mol. The summed E-state index contributed by atoms with van der Waals surface area (Å²) in [5, 5.41) is 4.03. The van der Waals surface area contributed by atoms with E-state index in [4.69, 9.17) is 4.74 Å². The van der Waals surface area contributed by atoms with E-state index in [0.717, 1.165) is 11.5 Å². The lowest BCUT2D eigenvalue weighted by molar-refractivity contribution is 0.487. The van der Waals surface area contributed by atoms with Crippen LogP contribution >= 0.6 is 0 Å². The van der Waals surface area contributed by atoms with Crippen molar-refractivity contribution in [1.29, 1.82) is 0 Å². The number of anilines is 2. The van der Waals surface area contributed by atoms with Gasteiger partial charge in [0.25, 0.3) is 14.9 Å². The van der Waals surface area contributed by atoms with Gasteiger partial charge < -0.3 is 9.30 Å². The third-order valence-electron chi connectivity index (χ3n) is 8.42. The second-order valence-corrected chi connectivity index (χ2v) is 14.1. The van der Waals surface area contributed by atoms with Gasteiger partial charge in [-0.1, -0.05) is 133 Å². The summed E-state index contributed by atoms with van der Waals surface area (Å²) in [6.07, 6.45) is 0. The van der Waals surface area contributed by atoms with Crippen LogP contribution in [0.3, 0.4) is 0 Å². The van der Waals surface area contributed by atoms with Crippen LogP contribution in [-0.4, -0.2) is 14.9 Å². The maximum absolute atomic E-state index is 6.61. The van der Waals surface area contributed by atoms with Crippen molar-refractivity contribution in [3.05, 3.63) is 158 Å². The van der Waals surface area contributed by atoms with E-state index < -0.39 is 8.24 Å². The number of ether oxygens (including phenoxy) is 1. The molecule has 6 aromatic carbocycles. The van der Waals surface area contributed by atoms with Gasteiger partial charge in [-0.05, 0) is 56.2 Å². The van der Waals surface area contributed by atoms with E-state index in [9.17, 15) is 0 Å². The fourth-order valence-corrected chi connectivity index (χ4v) is 11.8. The number of nitrogens with zero attached hydrogens (tertiary/aromatic N) is 1. The van der Waals surface area contributed by atoms with E-state index in [2.05, 4.69) is 162 Å². The quantitative estimate of drug-likeness (QED) is 0.248. The normalized spacial score (nSPS) is 13.1. The van der Waals surface area contributed by atoms with Gasteiger partial charge in [-0.15, -0.1) is 0 Å². The molecule has 0 amide bonds. The van der Waals surface area contributed by atoms with Gasteiger partial charge in [0.15, 0.2) is 0 Å². The molecule has 0 unspecified atom stereocenters. The Bertz CT molecular complexity index is 1750. The van der Waals surface area contributed by atoms with Crippen LogP contribution in [0, 0.1) is 0 Å². The van der Waals surface area contributed by atoms with E-state index in [1.165, 1.54) is 43.3 Å². The Hall–Kier alpha value is -4.80. The summed E-state index contributed by atoms with van der Waals surface area (Å²) in [7, 11) is -2.88. The molecule has 0 N–H and O–H groups in total. The molecule has 0 saturated heterocycles. The summed E-state index contributed by atoms with van der Waals surface area (Å²) in [6.45, 7) is 0.109. The molecule has 40 heavy (non-hydrogen) atoms. The SMILES string of the molecule is c1ccc([Si](c2ccccc2)(c2ccccc2)N2c3ccccc3B3c4ccccc4Oc4cccc2c43)cc1. The Kier molecular flexibility index (Phi) is 5.29. The molecule has 0 aromatic heterocycles. The molecule has 4 heteroatoms. The standard InChI is InChI=1S/C36H26BNOSi/c1-4-15-27(16-5-1)40(28-17-6-2-7-18-28,29-19-8-3-9-20-29)38-32-23-12-10-21-30(32)37-31-22-11-13-25-34(31)39-35-26-14-24-33(38)36(35)37/h1-26H. The molecule has 2 heterocycles. The Morgan fingerprint density at radius 1 is 0.425 bits per heavy atom.